The Labute approximate surface area is 127 Å². The van der Waals surface area contributed by atoms with Crippen molar-refractivity contribution in [2.24, 2.45) is 5.92 Å². The van der Waals surface area contributed by atoms with Crippen LogP contribution >= 0.6 is 0 Å². The fourth-order valence-electron chi connectivity index (χ4n) is 2.82. The van der Waals surface area contributed by atoms with Gasteiger partial charge in [-0.05, 0) is 32.6 Å². The van der Waals surface area contributed by atoms with Gasteiger partial charge in [-0.25, -0.2) is 9.97 Å². The molecular formula is C16H28N4O. The summed E-state index contributed by atoms with van der Waals surface area (Å²) in [5, 5.41) is 6.87. The van der Waals surface area contributed by atoms with Crippen LogP contribution in [-0.4, -0.2) is 29.2 Å². The van der Waals surface area contributed by atoms with Gasteiger partial charge >= 0.3 is 0 Å². The lowest BCUT2D eigenvalue weighted by Gasteiger charge is -2.30. The molecular weight excluding hydrogens is 264 g/mol. The molecule has 0 amide bonds. The summed E-state index contributed by atoms with van der Waals surface area (Å²) in [7, 11) is 0. The van der Waals surface area contributed by atoms with Crippen molar-refractivity contribution in [3.63, 3.8) is 0 Å². The number of rotatable bonds is 7. The van der Waals surface area contributed by atoms with Gasteiger partial charge in [-0.3, -0.25) is 0 Å². The number of nitrogens with zero attached hydrogens (tertiary/aromatic N) is 2. The van der Waals surface area contributed by atoms with Crippen molar-refractivity contribution >= 4 is 11.6 Å². The highest BCUT2D eigenvalue weighted by atomic mass is 16.5. The van der Waals surface area contributed by atoms with Crippen molar-refractivity contribution in [2.75, 3.05) is 23.8 Å². The Balaban J connectivity index is 2.10. The molecule has 0 aliphatic heterocycles. The topological polar surface area (TPSA) is 59.1 Å². The molecule has 2 rings (SSSR count). The zero-order valence-corrected chi connectivity index (χ0v) is 13.5. The van der Waals surface area contributed by atoms with Gasteiger partial charge in [0.2, 0.25) is 0 Å². The first-order chi connectivity index (χ1) is 10.2. The molecule has 0 bridgehead atoms. The lowest BCUT2D eigenvalue weighted by Crippen LogP contribution is -2.30. The number of hydrogen-bond donors (Lipinski definition) is 2. The molecule has 0 saturated heterocycles. The van der Waals surface area contributed by atoms with Crippen LogP contribution in [0.4, 0.5) is 11.6 Å². The predicted octanol–water partition coefficient (Wildman–Crippen LogP) is 3.44. The van der Waals surface area contributed by atoms with Crippen molar-refractivity contribution in [3.8, 4) is 0 Å². The lowest BCUT2D eigenvalue weighted by atomic mass is 9.86. The molecule has 1 aromatic heterocycles. The third-order valence-corrected chi connectivity index (χ3v) is 4.01. The van der Waals surface area contributed by atoms with Gasteiger partial charge in [-0.1, -0.05) is 19.8 Å². The molecule has 0 aromatic carbocycles. The molecule has 1 aliphatic carbocycles. The lowest BCUT2D eigenvalue weighted by molar-refractivity contribution is 0.128. The van der Waals surface area contributed by atoms with Crippen molar-refractivity contribution in [3.05, 3.63) is 11.9 Å². The molecule has 5 nitrogen and oxygen atoms in total. The van der Waals surface area contributed by atoms with Crippen LogP contribution in [0.25, 0.3) is 0 Å². The Morgan fingerprint density at radius 1 is 1.19 bits per heavy atom. The van der Waals surface area contributed by atoms with Crippen LogP contribution in [0.2, 0.25) is 0 Å². The first-order valence-electron chi connectivity index (χ1n) is 8.19. The van der Waals surface area contributed by atoms with Crippen LogP contribution < -0.4 is 10.6 Å². The summed E-state index contributed by atoms with van der Waals surface area (Å²) < 4.78 is 5.44. The molecule has 1 aromatic rings. The highest BCUT2D eigenvalue weighted by molar-refractivity contribution is 5.48. The minimum Gasteiger partial charge on any atom is -0.374 e. The minimum absolute atomic E-state index is 0.463. The maximum Gasteiger partial charge on any atom is 0.158 e. The van der Waals surface area contributed by atoms with Gasteiger partial charge in [0.1, 0.15) is 18.2 Å². The van der Waals surface area contributed by atoms with Crippen molar-refractivity contribution in [2.45, 2.75) is 59.1 Å². The first kappa shape index (κ1) is 16.0. The van der Waals surface area contributed by atoms with E-state index < -0.39 is 0 Å². The third kappa shape index (κ3) is 4.84. The van der Waals surface area contributed by atoms with Gasteiger partial charge in [0.25, 0.3) is 0 Å². The summed E-state index contributed by atoms with van der Waals surface area (Å²) in [6.45, 7) is 8.37. The van der Waals surface area contributed by atoms with Gasteiger partial charge < -0.3 is 15.4 Å². The second-order valence-electron chi connectivity index (χ2n) is 5.73. The molecule has 0 spiro atoms. The van der Waals surface area contributed by atoms with E-state index in [1.165, 1.54) is 25.7 Å². The van der Waals surface area contributed by atoms with Crippen molar-refractivity contribution in [1.82, 2.24) is 9.97 Å². The van der Waals surface area contributed by atoms with E-state index in [2.05, 4.69) is 34.4 Å². The zero-order valence-electron chi connectivity index (χ0n) is 13.5. The average Bonchev–Trinajstić information content (AvgIpc) is 2.48. The fraction of sp³-hybridized carbons (Fsp3) is 0.750. The Hall–Kier alpha value is -1.36. The monoisotopic (exact) mass is 292 g/mol. The maximum atomic E-state index is 5.44. The second kappa shape index (κ2) is 8.17. The molecule has 118 valence electrons. The number of nitrogens with one attached hydrogen (secondary N) is 2. The van der Waals surface area contributed by atoms with Gasteiger partial charge in [0.05, 0.1) is 0 Å². The average molecular weight is 292 g/mol. The van der Waals surface area contributed by atoms with E-state index in [1.807, 2.05) is 13.0 Å². The van der Waals surface area contributed by atoms with E-state index in [9.17, 15) is 0 Å². The molecule has 1 heterocycles. The van der Waals surface area contributed by atoms with E-state index in [0.29, 0.717) is 25.2 Å². The summed E-state index contributed by atoms with van der Waals surface area (Å²) in [5.41, 5.74) is 0. The highest BCUT2D eigenvalue weighted by Gasteiger charge is 2.21. The van der Waals surface area contributed by atoms with Gasteiger partial charge in [0.15, 0.2) is 5.82 Å². The molecule has 1 aliphatic rings. The number of hydrogen-bond acceptors (Lipinski definition) is 5. The first-order valence-corrected chi connectivity index (χ1v) is 8.19. The number of anilines is 2. The number of ether oxygens (including phenoxy) is 1. The maximum absolute atomic E-state index is 5.44. The Morgan fingerprint density at radius 2 is 1.95 bits per heavy atom. The van der Waals surface area contributed by atoms with E-state index in [4.69, 9.17) is 4.74 Å². The van der Waals surface area contributed by atoms with Crippen LogP contribution in [0.5, 0.6) is 0 Å². The van der Waals surface area contributed by atoms with Gasteiger partial charge in [0, 0.05) is 25.3 Å². The Morgan fingerprint density at radius 3 is 2.67 bits per heavy atom. The number of aromatic nitrogens is 2. The molecule has 2 unspecified atom stereocenters. The van der Waals surface area contributed by atoms with Crippen LogP contribution in [0.15, 0.2) is 6.07 Å². The minimum atomic E-state index is 0.463. The van der Waals surface area contributed by atoms with Crippen molar-refractivity contribution in [1.29, 1.82) is 0 Å². The second-order valence-corrected chi connectivity index (χ2v) is 5.73. The Kier molecular flexibility index (Phi) is 6.23. The van der Waals surface area contributed by atoms with Crippen LogP contribution in [0.1, 0.15) is 52.3 Å². The molecule has 2 atom stereocenters. The SMILES string of the molecule is CCNc1cc(NC2CCCCC2C)nc(COCC)n1. The fourth-order valence-corrected chi connectivity index (χ4v) is 2.82. The largest absolute Gasteiger partial charge is 0.374 e. The van der Waals surface area contributed by atoms with Crippen LogP contribution in [0, 0.1) is 5.92 Å². The van der Waals surface area contributed by atoms with Gasteiger partial charge in [-0.2, -0.15) is 0 Å². The van der Waals surface area contributed by atoms with Crippen LogP contribution in [0.3, 0.4) is 0 Å². The smallest absolute Gasteiger partial charge is 0.158 e. The summed E-state index contributed by atoms with van der Waals surface area (Å²) >= 11 is 0. The van der Waals surface area contributed by atoms with E-state index in [-0.39, 0.29) is 0 Å². The molecule has 1 fully saturated rings. The van der Waals surface area contributed by atoms with E-state index >= 15 is 0 Å². The molecule has 21 heavy (non-hydrogen) atoms. The summed E-state index contributed by atoms with van der Waals surface area (Å²) in [4.78, 5) is 9.08. The summed E-state index contributed by atoms with van der Waals surface area (Å²) in [6, 6.07) is 2.52. The third-order valence-electron chi connectivity index (χ3n) is 4.01. The van der Waals surface area contributed by atoms with Crippen molar-refractivity contribution < 1.29 is 4.74 Å². The molecule has 0 radical (unpaired) electrons. The normalized spacial score (nSPS) is 22.0. The zero-order chi connectivity index (χ0) is 15.1. The standard InChI is InChI=1S/C16H28N4O/c1-4-17-14-10-15(20-16(19-14)11-21-5-2)18-13-9-7-6-8-12(13)3/h10,12-13H,4-9,11H2,1-3H3,(H2,17,18,19,20). The quantitative estimate of drug-likeness (QED) is 0.806. The predicted molar refractivity (Wildman–Crippen MR) is 86.6 cm³/mol. The highest BCUT2D eigenvalue weighted by Crippen LogP contribution is 2.26. The van der Waals surface area contributed by atoms with Gasteiger partial charge in [-0.15, -0.1) is 0 Å². The molecule has 1 saturated carbocycles. The van der Waals surface area contributed by atoms with E-state index in [0.717, 1.165) is 24.0 Å². The molecule has 2 N–H and O–H groups in total. The van der Waals surface area contributed by atoms with Crippen LogP contribution in [-0.2, 0) is 11.3 Å². The Bertz CT molecular complexity index is 438. The molecule has 5 heteroatoms. The summed E-state index contributed by atoms with van der Waals surface area (Å²) in [5.74, 6) is 3.22. The van der Waals surface area contributed by atoms with E-state index in [1.54, 1.807) is 0 Å². The summed E-state index contributed by atoms with van der Waals surface area (Å²) in [6.07, 6.45) is 5.18.